The average Bonchev–Trinajstić information content (AvgIpc) is 2.67. The third-order valence-electron chi connectivity index (χ3n) is 2.40. The van der Waals surface area contributed by atoms with Crippen LogP contribution < -0.4 is 0 Å². The van der Waals surface area contributed by atoms with Gasteiger partial charge in [-0.25, -0.2) is 0 Å². The van der Waals surface area contributed by atoms with E-state index in [2.05, 4.69) is 47.8 Å². The lowest BCUT2D eigenvalue weighted by molar-refractivity contribution is -0.137. The second kappa shape index (κ2) is 5.90. The van der Waals surface area contributed by atoms with E-state index >= 15 is 0 Å². The number of hydrogen-bond acceptors (Lipinski definition) is 2. The van der Waals surface area contributed by atoms with Gasteiger partial charge in [0.05, 0.1) is 14.2 Å². The third-order valence-corrected chi connectivity index (χ3v) is 6.15. The predicted octanol–water partition coefficient (Wildman–Crippen LogP) is 6.29. The van der Waals surface area contributed by atoms with Crippen molar-refractivity contribution in [2.45, 2.75) is 6.18 Å². The first kappa shape index (κ1) is 16.2. The molecule has 0 saturated heterocycles. The molecular formula is C12H4Br3F3OS. The van der Waals surface area contributed by atoms with Crippen LogP contribution in [0.15, 0.2) is 37.0 Å². The Morgan fingerprint density at radius 1 is 1.10 bits per heavy atom. The second-order valence-corrected chi connectivity index (χ2v) is 7.89. The van der Waals surface area contributed by atoms with Gasteiger partial charge in [-0.1, -0.05) is 15.9 Å². The molecule has 1 aromatic heterocycles. The van der Waals surface area contributed by atoms with E-state index in [-0.39, 0.29) is 14.9 Å². The van der Waals surface area contributed by atoms with Crippen LogP contribution in [0.5, 0.6) is 0 Å². The number of hydrogen-bond donors (Lipinski definition) is 0. The van der Waals surface area contributed by atoms with E-state index in [1.807, 2.05) is 0 Å². The number of benzene rings is 1. The van der Waals surface area contributed by atoms with Gasteiger partial charge in [-0.05, 0) is 56.1 Å². The van der Waals surface area contributed by atoms with E-state index in [0.717, 1.165) is 17.4 Å². The fourth-order valence-electron chi connectivity index (χ4n) is 1.54. The summed E-state index contributed by atoms with van der Waals surface area (Å²) in [7, 11) is 0. The Kier molecular flexibility index (Phi) is 4.78. The Balaban J connectivity index is 2.55. The standard InChI is InChI=1S/C12H4Br3F3OS/c13-5-1-2-6(7(3-5)12(16,17)18)10(19)9-4-8(14)11(15)20-9/h1-4H. The maximum absolute atomic E-state index is 13.0. The average molecular weight is 493 g/mol. The van der Waals surface area contributed by atoms with E-state index in [4.69, 9.17) is 0 Å². The number of thiophene rings is 1. The molecule has 0 unspecified atom stereocenters. The summed E-state index contributed by atoms with van der Waals surface area (Å²) < 4.78 is 40.6. The van der Waals surface area contributed by atoms with Crippen LogP contribution >= 0.6 is 59.1 Å². The molecule has 2 rings (SSSR count). The largest absolute Gasteiger partial charge is 0.417 e. The first-order valence-corrected chi connectivity index (χ1v) is 8.26. The molecule has 1 aromatic carbocycles. The molecule has 0 atom stereocenters. The van der Waals surface area contributed by atoms with E-state index in [1.54, 1.807) is 0 Å². The molecule has 0 aliphatic heterocycles. The summed E-state index contributed by atoms with van der Waals surface area (Å²) in [6.07, 6.45) is -4.58. The Hall–Kier alpha value is -0.180. The number of ketones is 1. The number of rotatable bonds is 2. The second-order valence-electron chi connectivity index (χ2n) is 3.75. The minimum absolute atomic E-state index is 0.233. The van der Waals surface area contributed by atoms with Crippen molar-refractivity contribution in [2.75, 3.05) is 0 Å². The maximum atomic E-state index is 13.0. The Morgan fingerprint density at radius 3 is 2.25 bits per heavy atom. The van der Waals surface area contributed by atoms with E-state index in [0.29, 0.717) is 8.26 Å². The first-order valence-electron chi connectivity index (χ1n) is 5.06. The van der Waals surface area contributed by atoms with Gasteiger partial charge in [0.25, 0.3) is 0 Å². The molecule has 106 valence electrons. The van der Waals surface area contributed by atoms with Crippen LogP contribution in [-0.2, 0) is 6.18 Å². The van der Waals surface area contributed by atoms with Crippen molar-refractivity contribution in [2.24, 2.45) is 0 Å². The summed E-state index contributed by atoms with van der Waals surface area (Å²) in [5.74, 6) is -0.652. The Labute approximate surface area is 141 Å². The molecule has 1 nitrogen and oxygen atoms in total. The van der Waals surface area contributed by atoms with Crippen molar-refractivity contribution in [1.29, 1.82) is 0 Å². The summed E-state index contributed by atoms with van der Waals surface area (Å²) >= 11 is 10.5. The van der Waals surface area contributed by atoms with Crippen molar-refractivity contribution in [3.63, 3.8) is 0 Å². The highest BCUT2D eigenvalue weighted by molar-refractivity contribution is 9.13. The smallest absolute Gasteiger partial charge is 0.288 e. The monoisotopic (exact) mass is 490 g/mol. The minimum atomic E-state index is -4.58. The van der Waals surface area contributed by atoms with Crippen LogP contribution in [0.2, 0.25) is 0 Å². The molecule has 2 aromatic rings. The molecule has 0 fully saturated rings. The van der Waals surface area contributed by atoms with Crippen LogP contribution in [0.1, 0.15) is 20.8 Å². The van der Waals surface area contributed by atoms with Crippen molar-refractivity contribution in [3.05, 3.63) is 53.0 Å². The fourth-order valence-corrected chi connectivity index (χ4v) is 3.89. The third kappa shape index (κ3) is 3.35. The van der Waals surface area contributed by atoms with Gasteiger partial charge in [-0.3, -0.25) is 4.79 Å². The number of halogens is 6. The molecular weight excluding hydrogens is 489 g/mol. The van der Waals surface area contributed by atoms with Gasteiger partial charge < -0.3 is 0 Å². The maximum Gasteiger partial charge on any atom is 0.417 e. The zero-order valence-electron chi connectivity index (χ0n) is 9.39. The highest BCUT2D eigenvalue weighted by Gasteiger charge is 2.35. The zero-order valence-corrected chi connectivity index (χ0v) is 15.0. The summed E-state index contributed by atoms with van der Waals surface area (Å²) in [6, 6.07) is 5.00. The highest BCUT2D eigenvalue weighted by Crippen LogP contribution is 2.37. The number of alkyl halides is 3. The van der Waals surface area contributed by atoms with Crippen molar-refractivity contribution < 1.29 is 18.0 Å². The van der Waals surface area contributed by atoms with Gasteiger partial charge >= 0.3 is 6.18 Å². The van der Waals surface area contributed by atoms with E-state index in [1.165, 1.54) is 18.2 Å². The van der Waals surface area contributed by atoms with Crippen LogP contribution in [0.3, 0.4) is 0 Å². The molecule has 8 heteroatoms. The number of carbonyl (C=O) groups is 1. The predicted molar refractivity (Wildman–Crippen MR) is 82.3 cm³/mol. The lowest BCUT2D eigenvalue weighted by atomic mass is 10.0. The molecule has 1 heterocycles. The van der Waals surface area contributed by atoms with Crippen molar-refractivity contribution in [1.82, 2.24) is 0 Å². The van der Waals surface area contributed by atoms with Crippen LogP contribution in [0.25, 0.3) is 0 Å². The van der Waals surface area contributed by atoms with Gasteiger partial charge in [-0.2, -0.15) is 13.2 Å². The van der Waals surface area contributed by atoms with Gasteiger partial charge in [0.15, 0.2) is 0 Å². The summed E-state index contributed by atoms with van der Waals surface area (Å²) in [5, 5.41) is 0. The van der Waals surface area contributed by atoms with Crippen LogP contribution in [-0.4, -0.2) is 5.78 Å². The van der Waals surface area contributed by atoms with Crippen LogP contribution in [0, 0.1) is 0 Å². The number of carbonyl (C=O) groups excluding carboxylic acids is 1. The van der Waals surface area contributed by atoms with E-state index < -0.39 is 17.5 Å². The van der Waals surface area contributed by atoms with Gasteiger partial charge in [0.1, 0.15) is 0 Å². The summed E-state index contributed by atoms with van der Waals surface area (Å²) in [6.45, 7) is 0. The van der Waals surface area contributed by atoms with Crippen molar-refractivity contribution >= 4 is 64.9 Å². The molecule has 0 bridgehead atoms. The molecule has 0 radical (unpaired) electrons. The molecule has 0 N–H and O–H groups in total. The lowest BCUT2D eigenvalue weighted by Gasteiger charge is -2.11. The van der Waals surface area contributed by atoms with Crippen LogP contribution in [0.4, 0.5) is 13.2 Å². The molecule has 0 aliphatic rings. The normalized spacial score (nSPS) is 11.7. The Bertz CT molecular complexity index is 660. The summed E-state index contributed by atoms with van der Waals surface area (Å²) in [4.78, 5) is 12.5. The zero-order chi connectivity index (χ0) is 15.1. The molecule has 0 aliphatic carbocycles. The highest BCUT2D eigenvalue weighted by atomic mass is 79.9. The van der Waals surface area contributed by atoms with Gasteiger partial charge in [0.2, 0.25) is 5.78 Å². The summed E-state index contributed by atoms with van der Waals surface area (Å²) in [5.41, 5.74) is -1.31. The molecule has 0 saturated carbocycles. The fraction of sp³-hybridized carbons (Fsp3) is 0.0833. The lowest BCUT2D eigenvalue weighted by Crippen LogP contribution is -2.13. The van der Waals surface area contributed by atoms with Gasteiger partial charge in [-0.15, -0.1) is 11.3 Å². The first-order chi connectivity index (χ1) is 9.20. The van der Waals surface area contributed by atoms with E-state index in [9.17, 15) is 18.0 Å². The molecule has 20 heavy (non-hydrogen) atoms. The molecule has 0 amide bonds. The SMILES string of the molecule is O=C(c1cc(Br)c(Br)s1)c1ccc(Br)cc1C(F)(F)F. The van der Waals surface area contributed by atoms with Gasteiger partial charge in [0, 0.05) is 14.5 Å². The van der Waals surface area contributed by atoms with Crippen molar-refractivity contribution in [3.8, 4) is 0 Å². The molecule has 0 spiro atoms. The Morgan fingerprint density at radius 2 is 1.75 bits per heavy atom. The minimum Gasteiger partial charge on any atom is -0.288 e. The quantitative estimate of drug-likeness (QED) is 0.451. The topological polar surface area (TPSA) is 17.1 Å².